The van der Waals surface area contributed by atoms with Crippen molar-refractivity contribution in [3.8, 4) is 0 Å². The van der Waals surface area contributed by atoms with Gasteiger partial charge in [0, 0.05) is 0 Å². The van der Waals surface area contributed by atoms with Gasteiger partial charge in [-0.3, -0.25) is 0 Å². The maximum Gasteiger partial charge on any atom is 3.00 e. The molecule has 29 heavy (non-hydrogen) atoms. The molecule has 0 aliphatic heterocycles. The smallest absolute Gasteiger partial charge is 0.346 e. The molecule has 4 saturated carbocycles. The van der Waals surface area contributed by atoms with Crippen molar-refractivity contribution in [2.45, 2.75) is 27.7 Å². The van der Waals surface area contributed by atoms with E-state index in [-0.39, 0.29) is 39.6 Å². The summed E-state index contributed by atoms with van der Waals surface area (Å²) in [5.74, 6) is 2.78. The minimum atomic E-state index is 0. The largest absolute Gasteiger partial charge is 3.00 e. The first-order valence-corrected chi connectivity index (χ1v) is 9.40. The standard InChI is InChI=1S/C13H14.2C5H5.2C2H5.2Fe/c1-13(2,11-7-3-4-8-11)12-9-5-6-10-12;2*1-2-4-5-3-1;2*1-2;;/h3-10H,1-2H3;2*1-5H;2*1H2,2H3;;/q;;;2*-1;2*+3. The third-order valence-corrected chi connectivity index (χ3v) is 3.88. The van der Waals surface area contributed by atoms with E-state index in [0.29, 0.717) is 0 Å². The molecular formula is C27H34Fe2+4. The van der Waals surface area contributed by atoms with E-state index in [1.54, 1.807) is 13.8 Å². The summed E-state index contributed by atoms with van der Waals surface area (Å²) >= 11 is 0. The monoisotopic (exact) mass is 470 g/mol. The summed E-state index contributed by atoms with van der Waals surface area (Å²) in [6, 6.07) is 0. The van der Waals surface area contributed by atoms with E-state index >= 15 is 0 Å². The second-order valence-corrected chi connectivity index (χ2v) is 5.90. The van der Waals surface area contributed by atoms with Gasteiger partial charge < -0.3 is 13.8 Å². The molecule has 4 fully saturated rings. The van der Waals surface area contributed by atoms with Gasteiger partial charge in [-0.2, -0.15) is 13.8 Å². The fraction of sp³-hybridized carbons (Fsp3) is 0.185. The first-order chi connectivity index (χ1) is 13.2. The molecule has 4 aliphatic carbocycles. The Balaban J connectivity index is -0.000000355. The summed E-state index contributed by atoms with van der Waals surface area (Å²) in [5, 5.41) is 0. The first kappa shape index (κ1) is 34.6. The predicted octanol–water partition coefficient (Wildman–Crippen LogP) is 6.54. The molecular weight excluding hydrogens is 436 g/mol. The summed E-state index contributed by atoms with van der Waals surface area (Å²) in [6.07, 6.45) is 37.1. The molecule has 0 N–H and O–H groups in total. The second kappa shape index (κ2) is 23.7. The molecule has 22 radical (unpaired) electrons. The van der Waals surface area contributed by atoms with Gasteiger partial charge in [-0.05, 0) is 133 Å². The van der Waals surface area contributed by atoms with E-state index < -0.39 is 0 Å². The van der Waals surface area contributed by atoms with Crippen LogP contribution in [0.4, 0.5) is 0 Å². The quantitative estimate of drug-likeness (QED) is 0.318. The SMILES string of the molecule is CC(C)([C]1[CH][CH][CH][CH]1)[C]1[CH][CH][CH][CH]1.[CH2-]C.[CH2-]C.[CH]1[CH][CH][CH][CH]1.[CH]1[CH][CH][CH][CH]1.[Fe+3].[Fe+3]. The molecule has 0 aromatic carbocycles. The van der Waals surface area contributed by atoms with Gasteiger partial charge in [0.15, 0.2) is 0 Å². The van der Waals surface area contributed by atoms with Crippen molar-refractivity contribution < 1.29 is 34.1 Å². The number of hydrogen-bond donors (Lipinski definition) is 0. The molecule has 0 saturated heterocycles. The Morgan fingerprint density at radius 3 is 0.759 bits per heavy atom. The average molecular weight is 470 g/mol. The van der Waals surface area contributed by atoms with Crippen molar-refractivity contribution >= 4 is 0 Å². The molecule has 4 aliphatic rings. The van der Waals surface area contributed by atoms with Crippen LogP contribution in [0.25, 0.3) is 0 Å². The van der Waals surface area contributed by atoms with E-state index in [9.17, 15) is 0 Å². The summed E-state index contributed by atoms with van der Waals surface area (Å²) in [7, 11) is 0. The molecule has 0 spiro atoms. The molecule has 0 bridgehead atoms. The molecule has 0 atom stereocenters. The summed E-state index contributed by atoms with van der Waals surface area (Å²) in [5.41, 5.74) is 0.146. The van der Waals surface area contributed by atoms with Crippen LogP contribution in [-0.2, 0) is 34.1 Å². The zero-order chi connectivity index (χ0) is 20.4. The van der Waals surface area contributed by atoms with Crippen LogP contribution in [0.15, 0.2) is 0 Å². The van der Waals surface area contributed by atoms with Crippen LogP contribution >= 0.6 is 0 Å². The third kappa shape index (κ3) is 15.5. The number of rotatable bonds is 2. The topological polar surface area (TPSA) is 0 Å². The van der Waals surface area contributed by atoms with E-state index in [1.165, 1.54) is 11.8 Å². The molecule has 0 heterocycles. The van der Waals surface area contributed by atoms with Crippen LogP contribution in [-0.4, -0.2) is 0 Å². The van der Waals surface area contributed by atoms with Gasteiger partial charge in [-0.1, -0.05) is 13.8 Å². The maximum absolute atomic E-state index is 3.25. The average Bonchev–Trinajstić information content (AvgIpc) is 3.55. The van der Waals surface area contributed by atoms with Crippen molar-refractivity contribution in [2.24, 2.45) is 5.41 Å². The fourth-order valence-electron chi connectivity index (χ4n) is 2.39. The van der Waals surface area contributed by atoms with Crippen LogP contribution in [0.2, 0.25) is 0 Å². The Morgan fingerprint density at radius 2 is 0.586 bits per heavy atom. The molecule has 0 aromatic rings. The zero-order valence-electron chi connectivity index (χ0n) is 18.0. The molecule has 2 heteroatoms. The van der Waals surface area contributed by atoms with E-state index in [0.717, 1.165) is 0 Å². The van der Waals surface area contributed by atoms with Crippen molar-refractivity contribution in [1.29, 1.82) is 0 Å². The predicted molar refractivity (Wildman–Crippen MR) is 120 cm³/mol. The Labute approximate surface area is 207 Å². The van der Waals surface area contributed by atoms with Crippen LogP contribution < -0.4 is 0 Å². The van der Waals surface area contributed by atoms with Gasteiger partial charge in [0.2, 0.25) is 0 Å². The van der Waals surface area contributed by atoms with Gasteiger partial charge in [0.05, 0.1) is 0 Å². The summed E-state index contributed by atoms with van der Waals surface area (Å²) < 4.78 is 0. The molecule has 0 unspecified atom stereocenters. The molecule has 154 valence electrons. The van der Waals surface area contributed by atoms with Gasteiger partial charge in [0.25, 0.3) is 0 Å². The Kier molecular flexibility index (Phi) is 28.3. The fourth-order valence-corrected chi connectivity index (χ4v) is 2.39. The Bertz CT molecular complexity index is 238. The van der Waals surface area contributed by atoms with Crippen molar-refractivity contribution in [3.05, 3.63) is 141 Å². The van der Waals surface area contributed by atoms with Crippen LogP contribution in [0.3, 0.4) is 0 Å². The van der Waals surface area contributed by atoms with Crippen LogP contribution in [0.5, 0.6) is 0 Å². The first-order valence-electron chi connectivity index (χ1n) is 9.40. The summed E-state index contributed by atoms with van der Waals surface area (Å²) in [4.78, 5) is 0. The normalized spacial score (nSPS) is 20.9. The summed E-state index contributed by atoms with van der Waals surface area (Å²) in [6.45, 7) is 14.5. The number of hydrogen-bond acceptors (Lipinski definition) is 0. The minimum absolute atomic E-state index is 0. The van der Waals surface area contributed by atoms with Gasteiger partial charge in [0.1, 0.15) is 0 Å². The second-order valence-electron chi connectivity index (χ2n) is 5.90. The van der Waals surface area contributed by atoms with Crippen molar-refractivity contribution in [3.63, 3.8) is 0 Å². The van der Waals surface area contributed by atoms with E-state index in [2.05, 4.69) is 79.1 Å². The Hall–Kier alpha value is 1.04. The van der Waals surface area contributed by atoms with E-state index in [1.807, 2.05) is 64.2 Å². The van der Waals surface area contributed by atoms with E-state index in [4.69, 9.17) is 0 Å². The Morgan fingerprint density at radius 1 is 0.414 bits per heavy atom. The van der Waals surface area contributed by atoms with Crippen LogP contribution in [0.1, 0.15) is 27.7 Å². The third-order valence-electron chi connectivity index (χ3n) is 3.88. The molecule has 0 aromatic heterocycles. The zero-order valence-corrected chi connectivity index (χ0v) is 20.2. The van der Waals surface area contributed by atoms with Gasteiger partial charge in [-0.25, -0.2) is 0 Å². The van der Waals surface area contributed by atoms with Gasteiger partial charge in [-0.15, -0.1) is 0 Å². The molecule has 0 amide bonds. The minimum Gasteiger partial charge on any atom is -0.346 e. The molecule has 4 rings (SSSR count). The van der Waals surface area contributed by atoms with Crippen molar-refractivity contribution in [2.75, 3.05) is 0 Å². The van der Waals surface area contributed by atoms with Crippen LogP contribution in [0, 0.1) is 147 Å². The molecule has 0 nitrogen and oxygen atoms in total. The van der Waals surface area contributed by atoms with Gasteiger partial charge >= 0.3 is 34.1 Å². The van der Waals surface area contributed by atoms with Crippen molar-refractivity contribution in [1.82, 2.24) is 0 Å². The maximum atomic E-state index is 3.25.